The van der Waals surface area contributed by atoms with Gasteiger partial charge in [0.15, 0.2) is 0 Å². The van der Waals surface area contributed by atoms with Crippen molar-refractivity contribution < 1.29 is 15.0 Å². The fourth-order valence-electron chi connectivity index (χ4n) is 1.55. The number of alkyl halides is 1. The summed E-state index contributed by atoms with van der Waals surface area (Å²) in [7, 11) is 0. The van der Waals surface area contributed by atoms with Crippen LogP contribution >= 0.6 is 11.6 Å². The summed E-state index contributed by atoms with van der Waals surface area (Å²) >= 11 is 5.70. The topological polar surface area (TPSA) is 57.5 Å². The summed E-state index contributed by atoms with van der Waals surface area (Å²) in [6.45, 7) is 3.93. The fourth-order valence-corrected chi connectivity index (χ4v) is 1.71. The summed E-state index contributed by atoms with van der Waals surface area (Å²) in [5, 5.41) is 18.8. The van der Waals surface area contributed by atoms with Gasteiger partial charge in [0.25, 0.3) is 0 Å². The number of aromatic hydroxyl groups is 1. The van der Waals surface area contributed by atoms with Crippen LogP contribution in [0.1, 0.15) is 47.7 Å². The van der Waals surface area contributed by atoms with Crippen LogP contribution in [0.15, 0.2) is 12.1 Å². The number of carbonyl (C=O) groups is 1. The predicted octanol–water partition coefficient (Wildman–Crippen LogP) is 3.34. The van der Waals surface area contributed by atoms with Gasteiger partial charge in [-0.05, 0) is 29.5 Å². The van der Waals surface area contributed by atoms with E-state index in [1.54, 1.807) is 6.07 Å². The second kappa shape index (κ2) is 5.21. The molecule has 0 bridgehead atoms. The van der Waals surface area contributed by atoms with E-state index in [2.05, 4.69) is 0 Å². The molecule has 2 N–H and O–H groups in total. The van der Waals surface area contributed by atoms with Crippen molar-refractivity contribution in [3.63, 3.8) is 0 Å². The molecule has 1 unspecified atom stereocenters. The number of carboxylic acids is 1. The first-order valence-corrected chi connectivity index (χ1v) is 5.69. The van der Waals surface area contributed by atoms with Gasteiger partial charge in [0, 0.05) is 5.88 Å². The van der Waals surface area contributed by atoms with E-state index in [1.165, 1.54) is 6.07 Å². The number of hydrogen-bond acceptors (Lipinski definition) is 2. The van der Waals surface area contributed by atoms with Crippen molar-refractivity contribution in [3.05, 3.63) is 28.8 Å². The molecule has 0 heterocycles. The lowest BCUT2D eigenvalue weighted by molar-refractivity contribution is 0.0693. The number of rotatable bonds is 4. The van der Waals surface area contributed by atoms with Gasteiger partial charge in [-0.1, -0.05) is 19.9 Å². The molecule has 0 amide bonds. The van der Waals surface area contributed by atoms with E-state index in [0.717, 1.165) is 6.42 Å². The molecule has 16 heavy (non-hydrogen) atoms. The largest absolute Gasteiger partial charge is 0.507 e. The zero-order chi connectivity index (χ0) is 12.3. The van der Waals surface area contributed by atoms with Crippen molar-refractivity contribution in [1.29, 1.82) is 0 Å². The van der Waals surface area contributed by atoms with Crippen molar-refractivity contribution in [2.24, 2.45) is 0 Å². The lowest BCUT2D eigenvalue weighted by Crippen LogP contribution is -2.03. The average Bonchev–Trinajstić information content (AvgIpc) is 2.28. The lowest BCUT2D eigenvalue weighted by Gasteiger charge is -2.14. The number of carboxylic acid groups (broad SMARTS) is 1. The minimum absolute atomic E-state index is 0.0755. The molecule has 1 atom stereocenters. The third-order valence-electron chi connectivity index (χ3n) is 2.73. The standard InChI is InChI=1S/C12H15ClO3/c1-3-7(2)9-4-8(6-13)5-10(11(9)14)12(15)16/h4-5,7,14H,3,6H2,1-2H3,(H,15,16). The maximum atomic E-state index is 10.9. The van der Waals surface area contributed by atoms with Gasteiger partial charge in [0.05, 0.1) is 0 Å². The summed E-state index contributed by atoms with van der Waals surface area (Å²) in [6.07, 6.45) is 0.832. The summed E-state index contributed by atoms with van der Waals surface area (Å²) < 4.78 is 0. The van der Waals surface area contributed by atoms with Crippen LogP contribution in [0.2, 0.25) is 0 Å². The van der Waals surface area contributed by atoms with Crippen molar-refractivity contribution >= 4 is 17.6 Å². The number of aromatic carboxylic acids is 1. The van der Waals surface area contributed by atoms with Gasteiger partial charge in [0.2, 0.25) is 0 Å². The van der Waals surface area contributed by atoms with E-state index in [9.17, 15) is 9.90 Å². The smallest absolute Gasteiger partial charge is 0.339 e. The number of hydrogen-bond donors (Lipinski definition) is 2. The Morgan fingerprint density at radius 2 is 2.12 bits per heavy atom. The fraction of sp³-hybridized carbons (Fsp3) is 0.417. The molecule has 0 aliphatic carbocycles. The van der Waals surface area contributed by atoms with Crippen LogP contribution in [0, 0.1) is 0 Å². The second-order valence-electron chi connectivity index (χ2n) is 3.83. The molecule has 0 spiro atoms. The molecule has 1 rings (SSSR count). The van der Waals surface area contributed by atoms with Crippen LogP contribution in [0.4, 0.5) is 0 Å². The highest BCUT2D eigenvalue weighted by Gasteiger charge is 2.18. The molecule has 0 aliphatic heterocycles. The Kier molecular flexibility index (Phi) is 4.19. The van der Waals surface area contributed by atoms with E-state index in [-0.39, 0.29) is 23.1 Å². The number of phenols is 1. The Labute approximate surface area is 99.7 Å². The summed E-state index contributed by atoms with van der Waals surface area (Å²) in [6, 6.07) is 3.18. The molecule has 0 fully saturated rings. The van der Waals surface area contributed by atoms with Crippen molar-refractivity contribution in [3.8, 4) is 5.75 Å². The van der Waals surface area contributed by atoms with Crippen molar-refractivity contribution in [2.45, 2.75) is 32.1 Å². The molecule has 0 saturated carbocycles. The second-order valence-corrected chi connectivity index (χ2v) is 4.10. The molecule has 0 aromatic heterocycles. The summed E-state index contributed by atoms with van der Waals surface area (Å²) in [5.74, 6) is -0.921. The minimum Gasteiger partial charge on any atom is -0.507 e. The lowest BCUT2D eigenvalue weighted by atomic mass is 9.93. The molecule has 3 nitrogen and oxygen atoms in total. The normalized spacial score (nSPS) is 12.4. The van der Waals surface area contributed by atoms with Crippen LogP contribution in [0.5, 0.6) is 5.75 Å². The van der Waals surface area contributed by atoms with Crippen molar-refractivity contribution in [2.75, 3.05) is 0 Å². The van der Waals surface area contributed by atoms with Crippen LogP contribution in [0.25, 0.3) is 0 Å². The van der Waals surface area contributed by atoms with Gasteiger partial charge >= 0.3 is 5.97 Å². The van der Waals surface area contributed by atoms with Crippen LogP contribution in [-0.4, -0.2) is 16.2 Å². The van der Waals surface area contributed by atoms with Gasteiger partial charge in [-0.2, -0.15) is 0 Å². The molecular formula is C12H15ClO3. The van der Waals surface area contributed by atoms with Gasteiger partial charge in [0.1, 0.15) is 11.3 Å². The Hall–Kier alpha value is -1.22. The van der Waals surface area contributed by atoms with Gasteiger partial charge < -0.3 is 10.2 Å². The first kappa shape index (κ1) is 12.8. The van der Waals surface area contributed by atoms with E-state index in [1.807, 2.05) is 13.8 Å². The Balaban J connectivity index is 3.37. The molecule has 0 aliphatic rings. The number of benzene rings is 1. The van der Waals surface area contributed by atoms with Crippen LogP contribution in [-0.2, 0) is 5.88 Å². The summed E-state index contributed by atoms with van der Waals surface area (Å²) in [4.78, 5) is 10.9. The first-order chi connectivity index (χ1) is 7.51. The molecule has 88 valence electrons. The first-order valence-electron chi connectivity index (χ1n) is 5.16. The van der Waals surface area contributed by atoms with E-state index in [0.29, 0.717) is 11.1 Å². The zero-order valence-corrected chi connectivity index (χ0v) is 10.1. The highest BCUT2D eigenvalue weighted by atomic mass is 35.5. The Morgan fingerprint density at radius 3 is 2.56 bits per heavy atom. The van der Waals surface area contributed by atoms with Crippen LogP contribution < -0.4 is 0 Å². The van der Waals surface area contributed by atoms with Crippen LogP contribution in [0.3, 0.4) is 0 Å². The van der Waals surface area contributed by atoms with Gasteiger partial charge in [-0.3, -0.25) is 0 Å². The highest BCUT2D eigenvalue weighted by Crippen LogP contribution is 2.32. The highest BCUT2D eigenvalue weighted by molar-refractivity contribution is 6.17. The van der Waals surface area contributed by atoms with Gasteiger partial charge in [-0.15, -0.1) is 11.6 Å². The quantitative estimate of drug-likeness (QED) is 0.796. The van der Waals surface area contributed by atoms with E-state index < -0.39 is 5.97 Å². The predicted molar refractivity (Wildman–Crippen MR) is 63.3 cm³/mol. The molecule has 4 heteroatoms. The maximum absolute atomic E-state index is 10.9. The average molecular weight is 243 g/mol. The van der Waals surface area contributed by atoms with E-state index >= 15 is 0 Å². The zero-order valence-electron chi connectivity index (χ0n) is 9.33. The third-order valence-corrected chi connectivity index (χ3v) is 3.04. The third kappa shape index (κ3) is 2.47. The SMILES string of the molecule is CCC(C)c1cc(CCl)cc(C(=O)O)c1O. The molecule has 1 aromatic rings. The Morgan fingerprint density at radius 1 is 1.50 bits per heavy atom. The maximum Gasteiger partial charge on any atom is 0.339 e. The number of halogens is 1. The van der Waals surface area contributed by atoms with Gasteiger partial charge in [-0.25, -0.2) is 4.79 Å². The Bertz CT molecular complexity index is 401. The molecular weight excluding hydrogens is 228 g/mol. The monoisotopic (exact) mass is 242 g/mol. The molecule has 1 aromatic carbocycles. The minimum atomic E-state index is -1.13. The molecule has 0 radical (unpaired) electrons. The molecule has 0 saturated heterocycles. The summed E-state index contributed by atoms with van der Waals surface area (Å²) in [5.41, 5.74) is 1.29. The van der Waals surface area contributed by atoms with Crippen molar-refractivity contribution in [1.82, 2.24) is 0 Å². The van der Waals surface area contributed by atoms with E-state index in [4.69, 9.17) is 16.7 Å².